The second-order valence-corrected chi connectivity index (χ2v) is 21.9. The largest absolute Gasteiger partial charge is 2.00 e. The first kappa shape index (κ1) is 55.1. The molecule has 0 saturated heterocycles. The fourth-order valence-electron chi connectivity index (χ4n) is 12.6. The predicted molar refractivity (Wildman–Crippen MR) is 349 cm³/mol. The van der Waals surface area contributed by atoms with Crippen molar-refractivity contribution in [1.82, 2.24) is 0 Å². The Morgan fingerprint density at radius 1 is 0.383 bits per heavy atom. The Hall–Kier alpha value is -7.82. The van der Waals surface area contributed by atoms with E-state index in [4.69, 9.17) is 0 Å². The first-order valence-corrected chi connectivity index (χ1v) is 29.6. The maximum Gasteiger partial charge on any atom is 2.00 e. The van der Waals surface area contributed by atoms with Crippen molar-refractivity contribution in [1.29, 1.82) is 0 Å². The van der Waals surface area contributed by atoms with Gasteiger partial charge in [0.15, 0.2) is 0 Å². The molecule has 0 bridgehead atoms. The van der Waals surface area contributed by atoms with Gasteiger partial charge < -0.3 is 16.7 Å². The Balaban J connectivity index is 0.00000134. The summed E-state index contributed by atoms with van der Waals surface area (Å²) in [5.74, 6) is 0.497. The van der Waals surface area contributed by atoms with Gasteiger partial charge in [0.1, 0.15) is 0 Å². The van der Waals surface area contributed by atoms with Crippen LogP contribution in [0, 0.1) is 13.0 Å². The van der Waals surface area contributed by atoms with Gasteiger partial charge in [0.05, 0.1) is 11.4 Å². The van der Waals surface area contributed by atoms with E-state index in [2.05, 4.69) is 264 Å². The van der Waals surface area contributed by atoms with Gasteiger partial charge in [0, 0.05) is 27.8 Å². The van der Waals surface area contributed by atoms with E-state index in [1.165, 1.54) is 147 Å². The molecule has 0 saturated carbocycles. The molecule has 1 unspecified atom stereocenters. The summed E-state index contributed by atoms with van der Waals surface area (Å²) in [5, 5.41) is 15.4. The zero-order chi connectivity index (χ0) is 54.7. The standard InChI is InChI=1S/C74H63N2.C4H9.Os/c1-5-8-21-50-33-39-56(40-34-50)75(55-27-17-12-18-28-55)65-47-45-63-69-59(65)29-19-31-61(69)71-67(53-23-13-10-14-24-53)72-62-32-20-30-60-66(48-46-64(70(60)62)74(72)68(73(63)71)54-25-15-11-16-26-54)76(57-41-35-51(36-42-57)22-9-6-2)58-43-37-52(38-44-58)49(4)7-3;1-3-4-2;/h10-11,13-20,23-49H,5-9,21-22H2,1-4H3;1,3-4H2,2H3;/q2*-1;+2. The molecule has 2 nitrogen and oxygen atoms in total. The number of benzene rings is 11. The quantitative estimate of drug-likeness (QED) is 0.0839. The van der Waals surface area contributed by atoms with Crippen LogP contribution in [-0.2, 0) is 32.6 Å². The molecule has 13 aromatic rings. The van der Waals surface area contributed by atoms with Crippen molar-refractivity contribution in [3.8, 4) is 22.3 Å². The van der Waals surface area contributed by atoms with E-state index in [1.807, 2.05) is 12.1 Å². The van der Waals surface area contributed by atoms with Gasteiger partial charge in [-0.25, -0.2) is 0 Å². The second kappa shape index (κ2) is 24.5. The van der Waals surface area contributed by atoms with Gasteiger partial charge in [-0.2, -0.15) is 24.6 Å². The average molecular weight is 1230 g/mol. The van der Waals surface area contributed by atoms with Gasteiger partial charge in [-0.3, -0.25) is 0 Å². The van der Waals surface area contributed by atoms with Gasteiger partial charge in [0.25, 0.3) is 0 Å². The molecule has 0 fully saturated rings. The van der Waals surface area contributed by atoms with E-state index in [9.17, 15) is 0 Å². The number of unbranched alkanes of at least 4 members (excludes halogenated alkanes) is 3. The average Bonchev–Trinajstić information content (AvgIpc) is 4.27. The third-order valence-corrected chi connectivity index (χ3v) is 16.9. The molecule has 0 aliphatic rings. The Labute approximate surface area is 493 Å². The molecule has 0 N–H and O–H groups in total. The number of fused-ring (bicyclic) bond motifs is 6. The van der Waals surface area contributed by atoms with Crippen molar-refractivity contribution in [2.45, 2.75) is 98.3 Å². The first-order valence-electron chi connectivity index (χ1n) is 29.6. The van der Waals surface area contributed by atoms with Crippen LogP contribution >= 0.6 is 0 Å². The van der Waals surface area contributed by atoms with Crippen LogP contribution in [-0.4, -0.2) is 0 Å². The smallest absolute Gasteiger partial charge is 0.343 e. The number of rotatable bonds is 17. The molecule has 0 aliphatic heterocycles. The minimum Gasteiger partial charge on any atom is -0.343 e. The van der Waals surface area contributed by atoms with Gasteiger partial charge in [0.2, 0.25) is 0 Å². The number of nitrogens with zero attached hydrogens (tertiary/aromatic N) is 2. The topological polar surface area (TPSA) is 6.48 Å². The minimum absolute atomic E-state index is 0. The molecular formula is C78H72N2Os. The zero-order valence-electron chi connectivity index (χ0n) is 47.7. The molecule has 0 aromatic heterocycles. The SMILES string of the molecule is CCCCc1ccc(N(c2cc[c-]cc2)c2ccc3c4c(-c5ccccc5)c5c6ccc(N(c7ccc(CCCC)cc7)c7ccc(C(C)CC)cc7)c7cccc(c5c(-c5ccccc5)c4c4cccc2c43)c76)cc1.[CH2-]CCC.[Os+2]. The van der Waals surface area contributed by atoms with E-state index in [0.29, 0.717) is 5.92 Å². The fraction of sp³-hybridized carbons (Fsp3) is 0.192. The third-order valence-electron chi connectivity index (χ3n) is 16.9. The Morgan fingerprint density at radius 2 is 0.753 bits per heavy atom. The van der Waals surface area contributed by atoms with Crippen LogP contribution in [0.15, 0.2) is 218 Å². The Morgan fingerprint density at radius 3 is 1.14 bits per heavy atom. The molecule has 13 aromatic carbocycles. The Bertz CT molecular complexity index is 4090. The number of anilines is 6. The van der Waals surface area contributed by atoms with Gasteiger partial charge in [-0.05, 0) is 179 Å². The van der Waals surface area contributed by atoms with Gasteiger partial charge in [-0.1, -0.05) is 205 Å². The monoisotopic (exact) mass is 1230 g/mol. The minimum atomic E-state index is 0. The van der Waals surface area contributed by atoms with E-state index < -0.39 is 0 Å². The zero-order valence-corrected chi connectivity index (χ0v) is 50.2. The molecule has 1 atom stereocenters. The van der Waals surface area contributed by atoms with Crippen molar-refractivity contribution in [2.75, 3.05) is 9.80 Å². The van der Waals surface area contributed by atoms with Crippen LogP contribution in [0.25, 0.3) is 86.9 Å². The van der Waals surface area contributed by atoms with Crippen LogP contribution < -0.4 is 9.80 Å². The number of hydrogen-bond acceptors (Lipinski definition) is 2. The maximum atomic E-state index is 3.60. The molecule has 0 aliphatic carbocycles. The summed E-state index contributed by atoms with van der Waals surface area (Å²) in [5.41, 5.74) is 16.1. The van der Waals surface area contributed by atoms with Crippen LogP contribution in [0.2, 0.25) is 0 Å². The molecule has 0 heterocycles. The van der Waals surface area contributed by atoms with Crippen molar-refractivity contribution in [2.24, 2.45) is 0 Å². The van der Waals surface area contributed by atoms with Gasteiger partial charge >= 0.3 is 19.8 Å². The van der Waals surface area contributed by atoms with Crippen molar-refractivity contribution >= 4 is 98.8 Å². The van der Waals surface area contributed by atoms with Crippen molar-refractivity contribution in [3.63, 3.8) is 0 Å². The molecule has 3 heteroatoms. The summed E-state index contributed by atoms with van der Waals surface area (Å²) in [7, 11) is 0. The summed E-state index contributed by atoms with van der Waals surface area (Å²) in [4.78, 5) is 4.94. The molecular weight excluding hydrogens is 1160 g/mol. The summed E-state index contributed by atoms with van der Waals surface area (Å²) < 4.78 is 0. The number of aryl methyl sites for hydroxylation is 2. The molecule has 0 amide bonds. The summed E-state index contributed by atoms with van der Waals surface area (Å²) in [6.45, 7) is 14.9. The predicted octanol–water partition coefficient (Wildman–Crippen LogP) is 23.4. The van der Waals surface area contributed by atoms with Gasteiger partial charge in [-0.15, -0.1) is 12.1 Å². The maximum absolute atomic E-state index is 3.60. The third kappa shape index (κ3) is 10.1. The molecule has 0 radical (unpaired) electrons. The van der Waals surface area contributed by atoms with Crippen LogP contribution in [0.5, 0.6) is 0 Å². The van der Waals surface area contributed by atoms with Crippen LogP contribution in [0.1, 0.15) is 102 Å². The van der Waals surface area contributed by atoms with Crippen LogP contribution in [0.4, 0.5) is 34.1 Å². The van der Waals surface area contributed by atoms with E-state index in [0.717, 1.165) is 48.4 Å². The normalized spacial score (nSPS) is 11.9. The van der Waals surface area contributed by atoms with E-state index in [-0.39, 0.29) is 19.8 Å². The molecule has 13 rings (SSSR count). The fourth-order valence-corrected chi connectivity index (χ4v) is 12.6. The Kier molecular flexibility index (Phi) is 16.7. The summed E-state index contributed by atoms with van der Waals surface area (Å²) >= 11 is 0. The second-order valence-electron chi connectivity index (χ2n) is 21.9. The van der Waals surface area contributed by atoms with Crippen molar-refractivity contribution < 1.29 is 19.8 Å². The first-order chi connectivity index (χ1) is 39.5. The molecule has 0 spiro atoms. The molecule has 81 heavy (non-hydrogen) atoms. The van der Waals surface area contributed by atoms with Crippen LogP contribution in [0.3, 0.4) is 0 Å². The number of hydrogen-bond donors (Lipinski definition) is 0. The summed E-state index contributed by atoms with van der Waals surface area (Å²) in [6, 6.07) is 85.9. The van der Waals surface area contributed by atoms with Crippen molar-refractivity contribution in [3.05, 3.63) is 248 Å². The molecule has 402 valence electrons. The summed E-state index contributed by atoms with van der Waals surface area (Å²) in [6.07, 6.45) is 10.3. The van der Waals surface area contributed by atoms with E-state index >= 15 is 0 Å². The van der Waals surface area contributed by atoms with E-state index in [1.54, 1.807) is 0 Å².